The molecule has 0 saturated carbocycles. The van der Waals surface area contributed by atoms with Crippen LogP contribution in [0.3, 0.4) is 0 Å². The molecular weight excluding hydrogens is 608 g/mol. The van der Waals surface area contributed by atoms with Gasteiger partial charge < -0.3 is 25.2 Å². The Morgan fingerprint density at radius 1 is 0.977 bits per heavy atom. The zero-order valence-electron chi connectivity index (χ0n) is 22.9. The summed E-state index contributed by atoms with van der Waals surface area (Å²) < 4.78 is 70.2. The maximum absolute atomic E-state index is 13.2. The monoisotopic (exact) mass is 632 g/mol. The Bertz CT molecular complexity index is 1920. The molecule has 17 heteroatoms. The van der Waals surface area contributed by atoms with Crippen molar-refractivity contribution in [2.45, 2.75) is 11.1 Å². The van der Waals surface area contributed by atoms with Gasteiger partial charge in [0.2, 0.25) is 21.9 Å². The number of benzene rings is 3. The molecule has 5 N–H and O–H groups in total. The number of nitrogens with one attached hydrogen (secondary N) is 2. The fraction of sp³-hybridized carbons (Fsp3) is 0.111. The molecule has 2 aromatic heterocycles. The third kappa shape index (κ3) is 7.75. The molecule has 0 aliphatic rings. The number of sulfonamides is 1. The van der Waals surface area contributed by atoms with Crippen LogP contribution in [-0.4, -0.2) is 52.2 Å². The van der Waals surface area contributed by atoms with Crippen molar-refractivity contribution in [2.24, 2.45) is 12.2 Å². The van der Waals surface area contributed by atoms with Crippen molar-refractivity contribution >= 4 is 61.8 Å². The lowest BCUT2D eigenvalue weighted by Gasteiger charge is -2.19. The summed E-state index contributed by atoms with van der Waals surface area (Å²) in [5.41, 5.74) is 3.75. The van der Waals surface area contributed by atoms with Crippen LogP contribution in [0.25, 0.3) is 11.0 Å². The lowest BCUT2D eigenvalue weighted by Crippen LogP contribution is -2.21. The summed E-state index contributed by atoms with van der Waals surface area (Å²) in [5, 5.41) is 18.6. The Morgan fingerprint density at radius 3 is 2.30 bits per heavy atom. The molecule has 0 saturated heterocycles. The van der Waals surface area contributed by atoms with Gasteiger partial charge in [0.15, 0.2) is 0 Å². The number of nitrogens with zero attached hydrogens (tertiary/aromatic N) is 5. The number of carboxylic acids is 1. The quantitative estimate of drug-likeness (QED) is 0.179. The van der Waals surface area contributed by atoms with Gasteiger partial charge in [-0.25, -0.2) is 32.7 Å². The number of primary sulfonamides is 1. The summed E-state index contributed by atoms with van der Waals surface area (Å²) in [4.78, 5) is 24.3. The van der Waals surface area contributed by atoms with Crippen molar-refractivity contribution in [2.75, 3.05) is 22.6 Å². The number of imidazole rings is 1. The first-order valence-corrected chi connectivity index (χ1v) is 13.9. The van der Waals surface area contributed by atoms with E-state index in [0.717, 1.165) is 22.4 Å². The van der Waals surface area contributed by atoms with Gasteiger partial charge in [-0.05, 0) is 66.7 Å². The molecule has 0 aliphatic heterocycles. The topological polar surface area (TPSA) is 168 Å². The van der Waals surface area contributed by atoms with Crippen LogP contribution < -0.4 is 20.7 Å². The van der Waals surface area contributed by atoms with E-state index in [2.05, 4.69) is 20.6 Å². The van der Waals surface area contributed by atoms with Crippen LogP contribution in [0.2, 0.25) is 0 Å². The first-order chi connectivity index (χ1) is 20.6. The number of aromatic nitrogens is 4. The van der Waals surface area contributed by atoms with Crippen molar-refractivity contribution in [1.29, 1.82) is 0 Å². The van der Waals surface area contributed by atoms with E-state index in [1.54, 1.807) is 36.5 Å². The largest absolute Gasteiger partial charge is 0.490 e. The van der Waals surface area contributed by atoms with Gasteiger partial charge in [-0.1, -0.05) is 6.07 Å². The van der Waals surface area contributed by atoms with Gasteiger partial charge in [0.25, 0.3) is 0 Å². The van der Waals surface area contributed by atoms with E-state index in [4.69, 9.17) is 20.0 Å². The van der Waals surface area contributed by atoms with Crippen LogP contribution >= 0.6 is 0 Å². The van der Waals surface area contributed by atoms with Crippen molar-refractivity contribution < 1.29 is 35.9 Å². The Labute approximate surface area is 247 Å². The number of rotatable bonds is 7. The van der Waals surface area contributed by atoms with Crippen LogP contribution in [0.1, 0.15) is 0 Å². The molecule has 0 spiro atoms. The Kier molecular flexibility index (Phi) is 9.00. The lowest BCUT2D eigenvalue weighted by atomic mass is 10.2. The van der Waals surface area contributed by atoms with E-state index < -0.39 is 22.2 Å². The molecule has 0 aliphatic carbocycles. The maximum atomic E-state index is 13.2. The minimum absolute atomic E-state index is 0.0114. The Hall–Kier alpha value is -5.29. The SMILES string of the molecule is CN(c1ccc2c(c1)nc(Nc1ccc(F)cc1)n2C)c1ccnc(Nc2cccc(S(N)(=O)=O)c2)n1.O=C(O)C(F)(F)F. The zero-order valence-corrected chi connectivity index (χ0v) is 23.7. The first-order valence-electron chi connectivity index (χ1n) is 12.4. The van der Waals surface area contributed by atoms with Crippen molar-refractivity contribution in [1.82, 2.24) is 19.5 Å². The summed E-state index contributed by atoms with van der Waals surface area (Å²) in [6.45, 7) is 0. The van der Waals surface area contributed by atoms with E-state index in [9.17, 15) is 26.0 Å². The van der Waals surface area contributed by atoms with Gasteiger partial charge in [0.05, 0.1) is 15.9 Å². The Balaban J connectivity index is 0.000000566. The van der Waals surface area contributed by atoms with Crippen LogP contribution in [0.5, 0.6) is 0 Å². The molecule has 230 valence electrons. The predicted octanol–water partition coefficient (Wildman–Crippen LogP) is 5.04. The fourth-order valence-corrected chi connectivity index (χ4v) is 4.34. The molecule has 0 amide bonds. The highest BCUT2D eigenvalue weighted by Crippen LogP contribution is 2.29. The minimum Gasteiger partial charge on any atom is -0.475 e. The fourth-order valence-electron chi connectivity index (χ4n) is 3.78. The van der Waals surface area contributed by atoms with Crippen LogP contribution in [-0.2, 0) is 21.9 Å². The summed E-state index contributed by atoms with van der Waals surface area (Å²) in [6, 6.07) is 19.8. The van der Waals surface area contributed by atoms with E-state index >= 15 is 0 Å². The molecular formula is C27H24F4N8O4S. The van der Waals surface area contributed by atoms with E-state index in [0.29, 0.717) is 23.4 Å². The average Bonchev–Trinajstić information content (AvgIpc) is 3.27. The lowest BCUT2D eigenvalue weighted by molar-refractivity contribution is -0.192. The maximum Gasteiger partial charge on any atom is 0.490 e. The molecule has 3 aromatic carbocycles. The van der Waals surface area contributed by atoms with Gasteiger partial charge in [0, 0.05) is 37.4 Å². The Morgan fingerprint density at radius 2 is 1.66 bits per heavy atom. The molecule has 12 nitrogen and oxygen atoms in total. The second-order valence-corrected chi connectivity index (χ2v) is 10.7. The molecule has 0 bridgehead atoms. The molecule has 0 unspecified atom stereocenters. The molecule has 44 heavy (non-hydrogen) atoms. The van der Waals surface area contributed by atoms with Gasteiger partial charge in [-0.3, -0.25) is 0 Å². The highest BCUT2D eigenvalue weighted by molar-refractivity contribution is 7.89. The van der Waals surface area contributed by atoms with E-state index in [1.165, 1.54) is 24.3 Å². The number of halogens is 4. The first kappa shape index (κ1) is 31.6. The number of anilines is 6. The van der Waals surface area contributed by atoms with E-state index in [1.807, 2.05) is 41.8 Å². The van der Waals surface area contributed by atoms with Gasteiger partial charge in [-0.2, -0.15) is 18.2 Å². The van der Waals surface area contributed by atoms with Gasteiger partial charge in [0.1, 0.15) is 11.6 Å². The van der Waals surface area contributed by atoms with Crippen LogP contribution in [0.4, 0.5) is 52.3 Å². The van der Waals surface area contributed by atoms with Gasteiger partial charge >= 0.3 is 12.1 Å². The molecule has 0 fully saturated rings. The standard InChI is InChI=1S/C25H23FN8O2S.C2HF3O2/c1-33(23-12-13-28-24(32-23)29-18-4-3-5-20(14-18)37(27,35)36)19-10-11-22-21(15-19)31-25(34(22)2)30-17-8-6-16(26)7-9-17;3-2(4,5)1(6)7/h3-15H,1-2H3,(H,30,31)(H2,27,35,36)(H,28,29,32);(H,6,7). The zero-order chi connectivity index (χ0) is 32.2. The van der Waals surface area contributed by atoms with Crippen LogP contribution in [0, 0.1) is 5.82 Å². The molecule has 5 rings (SSSR count). The summed E-state index contributed by atoms with van der Waals surface area (Å²) in [5.74, 6) is -1.53. The number of aryl methyl sites for hydroxylation is 1. The molecule has 5 aromatic rings. The number of alkyl halides is 3. The highest BCUT2D eigenvalue weighted by atomic mass is 32.2. The third-order valence-electron chi connectivity index (χ3n) is 6.00. The number of carboxylic acid groups (broad SMARTS) is 1. The highest BCUT2D eigenvalue weighted by Gasteiger charge is 2.38. The number of aliphatic carboxylic acids is 1. The number of carbonyl (C=O) groups is 1. The number of nitrogens with two attached hydrogens (primary N) is 1. The summed E-state index contributed by atoms with van der Waals surface area (Å²) >= 11 is 0. The number of fused-ring (bicyclic) bond motifs is 1. The van der Waals surface area contributed by atoms with Crippen LogP contribution in [0.15, 0.2) is 83.9 Å². The summed E-state index contributed by atoms with van der Waals surface area (Å²) in [6.07, 6.45) is -3.48. The minimum atomic E-state index is -5.08. The smallest absolute Gasteiger partial charge is 0.475 e. The molecule has 2 heterocycles. The average molecular weight is 633 g/mol. The van der Waals surface area contributed by atoms with Crippen molar-refractivity contribution in [3.63, 3.8) is 0 Å². The van der Waals surface area contributed by atoms with Crippen molar-refractivity contribution in [3.05, 3.63) is 84.8 Å². The number of hydrogen-bond acceptors (Lipinski definition) is 9. The normalized spacial score (nSPS) is 11.4. The third-order valence-corrected chi connectivity index (χ3v) is 6.91. The second kappa shape index (κ2) is 12.5. The summed E-state index contributed by atoms with van der Waals surface area (Å²) in [7, 11) is -0.0592. The predicted molar refractivity (Wildman–Crippen MR) is 155 cm³/mol. The number of hydrogen-bond donors (Lipinski definition) is 4. The van der Waals surface area contributed by atoms with Crippen molar-refractivity contribution in [3.8, 4) is 0 Å². The second-order valence-electron chi connectivity index (χ2n) is 9.10. The molecule has 0 radical (unpaired) electrons. The van der Waals surface area contributed by atoms with E-state index in [-0.39, 0.29) is 10.7 Å². The van der Waals surface area contributed by atoms with Gasteiger partial charge in [-0.15, -0.1) is 0 Å². The molecule has 0 atom stereocenters.